The van der Waals surface area contributed by atoms with Gasteiger partial charge in [0, 0.05) is 35.4 Å². The van der Waals surface area contributed by atoms with Crippen molar-refractivity contribution >= 4 is 38.6 Å². The third-order valence-electron chi connectivity index (χ3n) is 11.4. The monoisotopic (exact) mass is 743 g/mol. The number of nitrogens with zero attached hydrogens (tertiary/aromatic N) is 2. The number of amides is 3. The molecule has 1 aliphatic heterocycles. The van der Waals surface area contributed by atoms with Crippen LogP contribution in [0.25, 0.3) is 22.2 Å². The van der Waals surface area contributed by atoms with Gasteiger partial charge < -0.3 is 25.4 Å². The summed E-state index contributed by atoms with van der Waals surface area (Å²) in [6.07, 6.45) is 4.79. The van der Waals surface area contributed by atoms with Crippen LogP contribution in [-0.4, -0.2) is 78.2 Å². The van der Waals surface area contributed by atoms with Crippen LogP contribution in [0, 0.1) is 17.3 Å². The zero-order chi connectivity index (χ0) is 37.9. The fraction of sp³-hybridized carbons (Fsp3) is 0.500. The lowest BCUT2D eigenvalue weighted by Crippen LogP contribution is -2.59. The van der Waals surface area contributed by atoms with Crippen LogP contribution in [0.15, 0.2) is 67.3 Å². The number of aromatic nitrogens is 1. The summed E-state index contributed by atoms with van der Waals surface area (Å²) in [5.74, 6) is -0.748. The topological polar surface area (TPSA) is 170 Å². The maximum absolute atomic E-state index is 14.3. The minimum atomic E-state index is -3.97. The van der Waals surface area contributed by atoms with Gasteiger partial charge in [-0.1, -0.05) is 70.0 Å². The number of pyridine rings is 1. The molecular formula is C40H49N5O7S. The average Bonchev–Trinajstić information content (AvgIpc) is 4.08. The fourth-order valence-corrected chi connectivity index (χ4v) is 9.23. The molecule has 1 aromatic heterocycles. The molecule has 1 saturated heterocycles. The van der Waals surface area contributed by atoms with Gasteiger partial charge in [0.15, 0.2) is 0 Å². The maximum Gasteiger partial charge on any atom is 0.259 e. The Morgan fingerprint density at radius 1 is 1.11 bits per heavy atom. The summed E-state index contributed by atoms with van der Waals surface area (Å²) >= 11 is 0. The van der Waals surface area contributed by atoms with Gasteiger partial charge in [-0.3, -0.25) is 19.1 Å². The molecule has 3 aromatic rings. The normalized spacial score (nSPS) is 25.3. The molecule has 3 aliphatic carbocycles. The van der Waals surface area contributed by atoms with Crippen LogP contribution in [0.1, 0.15) is 65.7 Å². The third-order valence-corrected chi connectivity index (χ3v) is 13.6. The number of likely N-dealkylation sites (tertiary alicyclic amines) is 1. The van der Waals surface area contributed by atoms with Crippen LogP contribution in [0.3, 0.4) is 0 Å². The van der Waals surface area contributed by atoms with Gasteiger partial charge in [-0.25, -0.2) is 13.4 Å². The first kappa shape index (κ1) is 36.9. The lowest BCUT2D eigenvalue weighted by molar-refractivity contribution is -0.142. The number of hydrogen-bond acceptors (Lipinski definition) is 9. The Hall–Kier alpha value is -4.49. The van der Waals surface area contributed by atoms with Crippen molar-refractivity contribution in [2.45, 2.75) is 94.2 Å². The highest BCUT2D eigenvalue weighted by molar-refractivity contribution is 7.91. The van der Waals surface area contributed by atoms with E-state index in [9.17, 15) is 22.8 Å². The van der Waals surface area contributed by atoms with Gasteiger partial charge in [0.2, 0.25) is 21.8 Å². The van der Waals surface area contributed by atoms with Crippen molar-refractivity contribution in [2.75, 3.05) is 13.7 Å². The average molecular weight is 744 g/mol. The summed E-state index contributed by atoms with van der Waals surface area (Å²) < 4.78 is 40.5. The number of methoxy groups -OCH3 is 1. The van der Waals surface area contributed by atoms with E-state index in [1.165, 1.54) is 4.90 Å². The summed E-state index contributed by atoms with van der Waals surface area (Å²) in [5, 5.41) is 3.60. The van der Waals surface area contributed by atoms with E-state index in [1.54, 1.807) is 13.2 Å². The predicted octanol–water partition coefficient (Wildman–Crippen LogP) is 4.47. The molecule has 0 spiro atoms. The fourth-order valence-electron chi connectivity index (χ4n) is 7.49. The van der Waals surface area contributed by atoms with Gasteiger partial charge in [0.05, 0.1) is 35.7 Å². The first-order valence-corrected chi connectivity index (χ1v) is 19.9. The standard InChI is InChI=1S/C40H49N5O7S/c1-6-26-22-40(26,37(48)44-53(49,50)39(16-17-39)21-24-12-13-24)43-35(46)32-19-28(23-45(32)36(47)34(41)38(2,3)4)52-33-20-30(25-10-8-7-9-11-25)42-31-18-27(51-5)14-15-29(31)33/h6-11,14-15,18,20,24,26,28,32,34H,1,12-13,16-17,19,21-23,41H2,2-5H3,(H,43,46)(H,44,48)/t26-,28-,32?,34-,40-/m1/s1. The number of sulfonamides is 1. The van der Waals surface area contributed by atoms with Crippen molar-refractivity contribution in [1.29, 1.82) is 0 Å². The van der Waals surface area contributed by atoms with Gasteiger partial charge in [-0.05, 0) is 49.1 Å². The van der Waals surface area contributed by atoms with Crippen LogP contribution < -0.4 is 25.2 Å². The minimum Gasteiger partial charge on any atom is -0.497 e. The molecule has 12 nitrogen and oxygen atoms in total. The number of fused-ring (bicyclic) bond motifs is 1. The summed E-state index contributed by atoms with van der Waals surface area (Å²) in [6, 6.07) is 15.0. The molecule has 282 valence electrons. The Labute approximate surface area is 310 Å². The lowest BCUT2D eigenvalue weighted by Gasteiger charge is -2.33. The van der Waals surface area contributed by atoms with Crippen LogP contribution in [0.5, 0.6) is 11.5 Å². The third kappa shape index (κ3) is 7.13. The highest BCUT2D eigenvalue weighted by Gasteiger charge is 2.64. The molecule has 3 saturated carbocycles. The van der Waals surface area contributed by atoms with Gasteiger partial charge in [-0.2, -0.15) is 0 Å². The Morgan fingerprint density at radius 2 is 1.83 bits per heavy atom. The van der Waals surface area contributed by atoms with Crippen LogP contribution in [0.2, 0.25) is 0 Å². The number of carbonyl (C=O) groups excluding carboxylic acids is 3. The zero-order valence-corrected chi connectivity index (χ0v) is 31.6. The molecule has 4 aliphatic rings. The molecule has 4 N–H and O–H groups in total. The van der Waals surface area contributed by atoms with Crippen molar-refractivity contribution in [3.63, 3.8) is 0 Å². The van der Waals surface area contributed by atoms with Crippen LogP contribution in [-0.2, 0) is 24.4 Å². The van der Waals surface area contributed by atoms with Gasteiger partial charge in [-0.15, -0.1) is 6.58 Å². The van der Waals surface area contributed by atoms with Gasteiger partial charge in [0.1, 0.15) is 29.2 Å². The first-order valence-electron chi connectivity index (χ1n) is 18.4. The van der Waals surface area contributed by atoms with Crippen LogP contribution >= 0.6 is 0 Å². The zero-order valence-electron chi connectivity index (χ0n) is 30.8. The Morgan fingerprint density at radius 3 is 2.43 bits per heavy atom. The molecule has 0 bridgehead atoms. The minimum absolute atomic E-state index is 0.0590. The summed E-state index contributed by atoms with van der Waals surface area (Å²) in [7, 11) is -2.39. The predicted molar refractivity (Wildman–Crippen MR) is 201 cm³/mol. The van der Waals surface area contributed by atoms with Gasteiger partial charge in [0.25, 0.3) is 5.91 Å². The summed E-state index contributed by atoms with van der Waals surface area (Å²) in [4.78, 5) is 48.5. The molecule has 7 rings (SSSR count). The number of carbonyl (C=O) groups is 3. The van der Waals surface area contributed by atoms with E-state index in [1.807, 2.05) is 75.4 Å². The quantitative estimate of drug-likeness (QED) is 0.214. The highest BCUT2D eigenvalue weighted by Crippen LogP contribution is 2.53. The molecular weight excluding hydrogens is 695 g/mol. The number of hydrogen-bond donors (Lipinski definition) is 3. The second kappa shape index (κ2) is 13.4. The summed E-state index contributed by atoms with van der Waals surface area (Å²) in [6.45, 7) is 9.45. The maximum atomic E-state index is 14.3. The molecule has 1 unspecified atom stereocenters. The summed E-state index contributed by atoms with van der Waals surface area (Å²) in [5.41, 5.74) is 6.56. The molecule has 3 amide bonds. The number of ether oxygens (including phenoxy) is 2. The molecule has 0 radical (unpaired) electrons. The van der Waals surface area contributed by atoms with Crippen molar-refractivity contribution in [1.82, 2.24) is 19.9 Å². The van der Waals surface area contributed by atoms with Gasteiger partial charge >= 0.3 is 0 Å². The van der Waals surface area contributed by atoms with Crippen LogP contribution in [0.4, 0.5) is 0 Å². The van der Waals surface area contributed by atoms with E-state index in [0.29, 0.717) is 47.9 Å². The molecule has 4 fully saturated rings. The molecule has 2 aromatic carbocycles. The molecule has 5 atom stereocenters. The second-order valence-corrected chi connectivity index (χ2v) is 18.4. The van der Waals surface area contributed by atoms with Crippen molar-refractivity contribution < 1.29 is 32.3 Å². The van der Waals surface area contributed by atoms with E-state index < -0.39 is 67.6 Å². The first-order chi connectivity index (χ1) is 25.1. The van der Waals surface area contributed by atoms with E-state index in [4.69, 9.17) is 20.2 Å². The Kier molecular flexibility index (Phi) is 9.33. The Balaban J connectivity index is 1.16. The van der Waals surface area contributed by atoms with Crippen molar-refractivity contribution in [3.8, 4) is 22.8 Å². The number of rotatable bonds is 13. The highest BCUT2D eigenvalue weighted by atomic mass is 32.2. The molecule has 13 heteroatoms. The lowest BCUT2D eigenvalue weighted by atomic mass is 9.86. The van der Waals surface area contributed by atoms with Crippen molar-refractivity contribution in [2.24, 2.45) is 23.0 Å². The SMILES string of the molecule is C=C[C@@H]1C[C@]1(NC(=O)C1C[C@@H](Oc2cc(-c3ccccc3)nc3cc(OC)ccc23)CN1C(=O)[C@@H](N)C(C)(C)C)C(=O)NS(=O)(=O)C1(CC2CC2)CC1. The largest absolute Gasteiger partial charge is 0.497 e. The number of benzene rings is 2. The van der Waals surface area contributed by atoms with E-state index in [0.717, 1.165) is 23.8 Å². The number of nitrogens with two attached hydrogens (primary N) is 1. The van der Waals surface area contributed by atoms with Crippen molar-refractivity contribution in [3.05, 3.63) is 67.3 Å². The van der Waals surface area contributed by atoms with E-state index in [2.05, 4.69) is 16.6 Å². The van der Waals surface area contributed by atoms with E-state index in [-0.39, 0.29) is 19.4 Å². The Bertz CT molecular complexity index is 2060. The molecule has 53 heavy (non-hydrogen) atoms. The number of nitrogens with one attached hydrogen (secondary N) is 2. The van der Waals surface area contributed by atoms with E-state index >= 15 is 0 Å². The second-order valence-electron chi connectivity index (χ2n) is 16.4. The molecule has 2 heterocycles. The smallest absolute Gasteiger partial charge is 0.259 e.